The van der Waals surface area contributed by atoms with Crippen molar-refractivity contribution in [1.82, 2.24) is 0 Å². The number of nitrogen functional groups attached to an aromatic ring is 1. The Morgan fingerprint density at radius 1 is 1.27 bits per heavy atom. The van der Waals surface area contributed by atoms with Gasteiger partial charge in [-0.05, 0) is 24.1 Å². The van der Waals surface area contributed by atoms with Crippen LogP contribution in [-0.2, 0) is 16.0 Å². The van der Waals surface area contributed by atoms with Crippen molar-refractivity contribution in [1.29, 1.82) is 0 Å². The maximum Gasteiger partial charge on any atom is 0.316 e. The van der Waals surface area contributed by atoms with Crippen molar-refractivity contribution >= 4 is 17.6 Å². The number of anilines is 1. The predicted octanol–water partition coefficient (Wildman–Crippen LogP) is -0.00260. The summed E-state index contributed by atoms with van der Waals surface area (Å²) >= 11 is 0. The van der Waals surface area contributed by atoms with Gasteiger partial charge in [-0.25, -0.2) is 0 Å². The van der Waals surface area contributed by atoms with Crippen molar-refractivity contribution < 1.29 is 14.7 Å². The molecular weight excluding hydrogens is 196 g/mol. The lowest BCUT2D eigenvalue weighted by Gasteiger charge is -2.08. The number of benzene rings is 1. The summed E-state index contributed by atoms with van der Waals surface area (Å²) in [5.41, 5.74) is 11.7. The van der Waals surface area contributed by atoms with Crippen LogP contribution >= 0.6 is 0 Å². The van der Waals surface area contributed by atoms with Crippen molar-refractivity contribution in [3.63, 3.8) is 0 Å². The van der Waals surface area contributed by atoms with Gasteiger partial charge in [0.2, 0.25) is 5.91 Å². The van der Waals surface area contributed by atoms with E-state index in [0.717, 1.165) is 5.56 Å². The highest BCUT2D eigenvalue weighted by Gasteiger charge is 2.23. The normalized spacial score (nSPS) is 12.0. The molecule has 1 unspecified atom stereocenters. The number of carbonyl (C=O) groups excluding carboxylic acids is 1. The number of amides is 1. The molecule has 5 heteroatoms. The van der Waals surface area contributed by atoms with Crippen LogP contribution in [0.4, 0.5) is 5.69 Å². The van der Waals surface area contributed by atoms with E-state index in [2.05, 4.69) is 0 Å². The number of carboxylic acid groups (broad SMARTS) is 1. The van der Waals surface area contributed by atoms with Gasteiger partial charge in [0, 0.05) is 5.69 Å². The first kappa shape index (κ1) is 11.0. The molecule has 80 valence electrons. The lowest BCUT2D eigenvalue weighted by molar-refractivity contribution is -0.145. The molecule has 5 N–H and O–H groups in total. The van der Waals surface area contributed by atoms with E-state index in [1.165, 1.54) is 0 Å². The third kappa shape index (κ3) is 2.98. The molecule has 0 heterocycles. The molecule has 1 aromatic carbocycles. The van der Waals surface area contributed by atoms with Crippen LogP contribution in [0.1, 0.15) is 5.56 Å². The molecule has 0 radical (unpaired) electrons. The third-order valence-corrected chi connectivity index (χ3v) is 2.06. The van der Waals surface area contributed by atoms with Crippen LogP contribution in [0.2, 0.25) is 0 Å². The number of hydrogen-bond acceptors (Lipinski definition) is 3. The molecule has 5 nitrogen and oxygen atoms in total. The van der Waals surface area contributed by atoms with E-state index in [-0.39, 0.29) is 6.42 Å². The van der Waals surface area contributed by atoms with Gasteiger partial charge in [-0.3, -0.25) is 9.59 Å². The van der Waals surface area contributed by atoms with Crippen molar-refractivity contribution in [3.05, 3.63) is 29.8 Å². The quantitative estimate of drug-likeness (QED) is 0.478. The van der Waals surface area contributed by atoms with E-state index < -0.39 is 17.8 Å². The lowest BCUT2D eigenvalue weighted by Crippen LogP contribution is -2.31. The molecule has 0 spiro atoms. The summed E-state index contributed by atoms with van der Waals surface area (Å²) in [7, 11) is 0. The molecule has 0 aliphatic rings. The summed E-state index contributed by atoms with van der Waals surface area (Å²) in [6.45, 7) is 0. The zero-order chi connectivity index (χ0) is 11.4. The smallest absolute Gasteiger partial charge is 0.316 e. The molecule has 0 aromatic heterocycles. The maximum absolute atomic E-state index is 10.8. The van der Waals surface area contributed by atoms with E-state index in [9.17, 15) is 9.59 Å². The second-order valence-corrected chi connectivity index (χ2v) is 3.24. The summed E-state index contributed by atoms with van der Waals surface area (Å²) in [4.78, 5) is 21.5. The van der Waals surface area contributed by atoms with Gasteiger partial charge in [0.15, 0.2) is 0 Å². The van der Waals surface area contributed by atoms with Crippen LogP contribution in [0.25, 0.3) is 0 Å². The van der Waals surface area contributed by atoms with Crippen LogP contribution in [-0.4, -0.2) is 17.0 Å². The molecule has 0 bridgehead atoms. The Morgan fingerprint density at radius 3 is 2.20 bits per heavy atom. The number of rotatable bonds is 4. The summed E-state index contributed by atoms with van der Waals surface area (Å²) in [6.07, 6.45) is 0.0882. The monoisotopic (exact) mass is 208 g/mol. The van der Waals surface area contributed by atoms with E-state index >= 15 is 0 Å². The average molecular weight is 208 g/mol. The summed E-state index contributed by atoms with van der Waals surface area (Å²) in [5, 5.41) is 8.73. The second-order valence-electron chi connectivity index (χ2n) is 3.24. The number of hydrogen-bond donors (Lipinski definition) is 3. The molecule has 1 aromatic rings. The standard InChI is InChI=1S/C10H12N2O3/c11-7-3-1-6(2-4-7)5-8(9(12)13)10(14)15/h1-4,8H,5,11H2,(H2,12,13)(H,14,15). The van der Waals surface area contributed by atoms with E-state index in [0.29, 0.717) is 5.69 Å². The van der Waals surface area contributed by atoms with Crippen LogP contribution in [0.5, 0.6) is 0 Å². The molecule has 0 saturated carbocycles. The molecule has 0 saturated heterocycles. The highest BCUT2D eigenvalue weighted by atomic mass is 16.4. The first-order valence-corrected chi connectivity index (χ1v) is 4.37. The van der Waals surface area contributed by atoms with Crippen molar-refractivity contribution in [3.8, 4) is 0 Å². The average Bonchev–Trinajstić information content (AvgIpc) is 2.15. The Kier molecular flexibility index (Phi) is 3.28. The Balaban J connectivity index is 2.79. The van der Waals surface area contributed by atoms with E-state index in [1.807, 2.05) is 0 Å². The van der Waals surface area contributed by atoms with Crippen LogP contribution in [0, 0.1) is 5.92 Å². The summed E-state index contributed by atoms with van der Waals surface area (Å²) in [5.74, 6) is -3.23. The molecule has 0 aliphatic carbocycles. The summed E-state index contributed by atoms with van der Waals surface area (Å²) < 4.78 is 0. The van der Waals surface area contributed by atoms with E-state index in [1.54, 1.807) is 24.3 Å². The molecule has 1 rings (SSSR count). The van der Waals surface area contributed by atoms with Crippen molar-refractivity contribution in [2.45, 2.75) is 6.42 Å². The number of carbonyl (C=O) groups is 2. The Labute approximate surface area is 86.7 Å². The molecule has 15 heavy (non-hydrogen) atoms. The minimum absolute atomic E-state index is 0.0882. The number of primary amides is 1. The number of nitrogens with two attached hydrogens (primary N) is 2. The van der Waals surface area contributed by atoms with Crippen LogP contribution < -0.4 is 11.5 Å². The van der Waals surface area contributed by atoms with Gasteiger partial charge >= 0.3 is 5.97 Å². The third-order valence-electron chi connectivity index (χ3n) is 2.06. The van der Waals surface area contributed by atoms with Crippen molar-refractivity contribution in [2.24, 2.45) is 11.7 Å². The Hall–Kier alpha value is -2.04. The van der Waals surface area contributed by atoms with Gasteiger partial charge in [-0.2, -0.15) is 0 Å². The minimum atomic E-state index is -1.21. The predicted molar refractivity (Wildman–Crippen MR) is 54.9 cm³/mol. The maximum atomic E-state index is 10.8. The van der Waals surface area contributed by atoms with Gasteiger partial charge in [0.25, 0.3) is 0 Å². The SMILES string of the molecule is NC(=O)C(Cc1ccc(N)cc1)C(=O)O. The van der Waals surface area contributed by atoms with E-state index in [4.69, 9.17) is 16.6 Å². The highest BCUT2D eigenvalue weighted by Crippen LogP contribution is 2.11. The van der Waals surface area contributed by atoms with Gasteiger partial charge in [-0.15, -0.1) is 0 Å². The fourth-order valence-corrected chi connectivity index (χ4v) is 1.20. The zero-order valence-corrected chi connectivity index (χ0v) is 8.01. The van der Waals surface area contributed by atoms with Gasteiger partial charge < -0.3 is 16.6 Å². The fraction of sp³-hybridized carbons (Fsp3) is 0.200. The Bertz CT molecular complexity index is 359. The number of aliphatic carboxylic acids is 1. The molecule has 0 fully saturated rings. The first-order valence-electron chi connectivity index (χ1n) is 4.37. The largest absolute Gasteiger partial charge is 0.481 e. The molecule has 1 atom stereocenters. The van der Waals surface area contributed by atoms with Gasteiger partial charge in [0.05, 0.1) is 0 Å². The lowest BCUT2D eigenvalue weighted by atomic mass is 9.99. The van der Waals surface area contributed by atoms with Crippen LogP contribution in [0.3, 0.4) is 0 Å². The van der Waals surface area contributed by atoms with Crippen LogP contribution in [0.15, 0.2) is 24.3 Å². The second kappa shape index (κ2) is 4.45. The summed E-state index contributed by atoms with van der Waals surface area (Å²) in [6, 6.07) is 6.65. The molecule has 1 amide bonds. The first-order chi connectivity index (χ1) is 7.00. The fourth-order valence-electron chi connectivity index (χ4n) is 1.20. The number of carboxylic acids is 1. The Morgan fingerprint density at radius 2 is 1.80 bits per heavy atom. The molecule has 0 aliphatic heterocycles. The van der Waals surface area contributed by atoms with Gasteiger partial charge in [0.1, 0.15) is 5.92 Å². The minimum Gasteiger partial charge on any atom is -0.481 e. The zero-order valence-electron chi connectivity index (χ0n) is 8.01. The van der Waals surface area contributed by atoms with Gasteiger partial charge in [-0.1, -0.05) is 12.1 Å². The molecular formula is C10H12N2O3. The topological polar surface area (TPSA) is 106 Å². The van der Waals surface area contributed by atoms with Crippen molar-refractivity contribution in [2.75, 3.05) is 5.73 Å². The highest BCUT2D eigenvalue weighted by molar-refractivity contribution is 5.96.